The van der Waals surface area contributed by atoms with Crippen LogP contribution in [0.15, 0.2) is 0 Å². The molecule has 2 heteroatoms. The highest BCUT2D eigenvalue weighted by molar-refractivity contribution is 4.93. The highest BCUT2D eigenvalue weighted by Gasteiger charge is 2.37. The summed E-state index contributed by atoms with van der Waals surface area (Å²) < 4.78 is 6.09. The Bertz CT molecular complexity index is 185. The lowest BCUT2D eigenvalue weighted by Crippen LogP contribution is -2.52. The van der Waals surface area contributed by atoms with Gasteiger partial charge >= 0.3 is 0 Å². The van der Waals surface area contributed by atoms with Crippen LogP contribution >= 0.6 is 0 Å². The zero-order valence-electron chi connectivity index (χ0n) is 11.5. The molecule has 1 fully saturated rings. The summed E-state index contributed by atoms with van der Waals surface area (Å²) in [5.74, 6) is 0.940. The first-order valence-electron chi connectivity index (χ1n) is 7.03. The van der Waals surface area contributed by atoms with Crippen molar-refractivity contribution in [2.45, 2.75) is 70.9 Å². The topological polar surface area (TPSA) is 21.3 Å². The van der Waals surface area contributed by atoms with E-state index in [2.05, 4.69) is 33.1 Å². The number of hydrogen-bond donors (Lipinski definition) is 1. The first-order chi connectivity index (χ1) is 7.72. The standard InChI is InChI=1S/C14H29NO/c1-5-14(6-2,16-7-3)13(15-4)11-12-9-8-10-12/h12-13,15H,5-11H2,1-4H3. The molecule has 0 aromatic carbocycles. The van der Waals surface area contributed by atoms with Gasteiger partial charge in [-0.3, -0.25) is 0 Å². The van der Waals surface area contributed by atoms with E-state index in [1.165, 1.54) is 25.7 Å². The lowest BCUT2D eigenvalue weighted by Gasteiger charge is -2.42. The number of ether oxygens (including phenoxy) is 1. The summed E-state index contributed by atoms with van der Waals surface area (Å²) in [4.78, 5) is 0. The summed E-state index contributed by atoms with van der Waals surface area (Å²) in [7, 11) is 2.09. The maximum atomic E-state index is 6.09. The highest BCUT2D eigenvalue weighted by atomic mass is 16.5. The highest BCUT2D eigenvalue weighted by Crippen LogP contribution is 2.35. The Morgan fingerprint density at radius 3 is 2.19 bits per heavy atom. The SMILES string of the molecule is CCOC(CC)(CC)C(CC1CCC1)NC. The van der Waals surface area contributed by atoms with Gasteiger partial charge in [0.2, 0.25) is 0 Å². The molecule has 0 spiro atoms. The molecule has 1 atom stereocenters. The first-order valence-corrected chi connectivity index (χ1v) is 7.03. The molecule has 1 aliphatic rings. The van der Waals surface area contributed by atoms with E-state index in [1.54, 1.807) is 0 Å². The minimum Gasteiger partial charge on any atom is -0.374 e. The molecule has 0 saturated heterocycles. The van der Waals surface area contributed by atoms with Crippen LogP contribution in [0.1, 0.15) is 59.3 Å². The van der Waals surface area contributed by atoms with Gasteiger partial charge in [0, 0.05) is 12.6 Å². The van der Waals surface area contributed by atoms with Gasteiger partial charge in [0.15, 0.2) is 0 Å². The molecular weight excluding hydrogens is 198 g/mol. The van der Waals surface area contributed by atoms with Crippen LogP contribution in [0, 0.1) is 5.92 Å². The van der Waals surface area contributed by atoms with Gasteiger partial charge < -0.3 is 10.1 Å². The Labute approximate surface area is 101 Å². The molecule has 0 aromatic rings. The molecule has 1 N–H and O–H groups in total. The van der Waals surface area contributed by atoms with Crippen LogP contribution < -0.4 is 5.32 Å². The van der Waals surface area contributed by atoms with Gasteiger partial charge in [-0.25, -0.2) is 0 Å². The molecule has 1 aliphatic carbocycles. The summed E-state index contributed by atoms with van der Waals surface area (Å²) in [5.41, 5.74) is 0.0547. The van der Waals surface area contributed by atoms with Crippen molar-refractivity contribution in [2.24, 2.45) is 5.92 Å². The number of nitrogens with one attached hydrogen (secondary N) is 1. The van der Waals surface area contributed by atoms with Crippen molar-refractivity contribution in [3.05, 3.63) is 0 Å². The van der Waals surface area contributed by atoms with Crippen LogP contribution in [0.5, 0.6) is 0 Å². The molecule has 1 rings (SSSR count). The molecule has 16 heavy (non-hydrogen) atoms. The van der Waals surface area contributed by atoms with E-state index >= 15 is 0 Å². The summed E-state index contributed by atoms with van der Waals surface area (Å²) in [5, 5.41) is 3.50. The van der Waals surface area contributed by atoms with Crippen molar-refractivity contribution in [3.8, 4) is 0 Å². The van der Waals surface area contributed by atoms with Gasteiger partial charge in [0.25, 0.3) is 0 Å². The third-order valence-corrected chi connectivity index (χ3v) is 4.41. The second-order valence-electron chi connectivity index (χ2n) is 5.08. The molecular formula is C14H29NO. The Morgan fingerprint density at radius 2 is 1.88 bits per heavy atom. The predicted octanol–water partition coefficient (Wildman–Crippen LogP) is 3.36. The number of hydrogen-bond acceptors (Lipinski definition) is 2. The Hall–Kier alpha value is -0.0800. The van der Waals surface area contributed by atoms with Gasteiger partial charge in [-0.05, 0) is 39.2 Å². The van der Waals surface area contributed by atoms with E-state index in [1.807, 2.05) is 0 Å². The van der Waals surface area contributed by atoms with Gasteiger partial charge in [-0.1, -0.05) is 33.1 Å². The average Bonchev–Trinajstić information content (AvgIpc) is 2.26. The minimum absolute atomic E-state index is 0.0547. The van der Waals surface area contributed by atoms with E-state index in [0.717, 1.165) is 25.4 Å². The lowest BCUT2D eigenvalue weighted by molar-refractivity contribution is -0.0773. The third-order valence-electron chi connectivity index (χ3n) is 4.41. The maximum absolute atomic E-state index is 6.09. The summed E-state index contributed by atoms with van der Waals surface area (Å²) in [6.45, 7) is 7.44. The number of rotatable bonds is 8. The fourth-order valence-electron chi connectivity index (χ4n) is 2.99. The van der Waals surface area contributed by atoms with Crippen LogP contribution in [-0.4, -0.2) is 25.3 Å². The van der Waals surface area contributed by atoms with E-state index in [9.17, 15) is 0 Å². The largest absolute Gasteiger partial charge is 0.374 e. The van der Waals surface area contributed by atoms with Crippen LogP contribution in [0.25, 0.3) is 0 Å². The van der Waals surface area contributed by atoms with Crippen molar-refractivity contribution in [2.75, 3.05) is 13.7 Å². The normalized spacial score (nSPS) is 19.5. The summed E-state index contributed by atoms with van der Waals surface area (Å²) in [6, 6.07) is 0.521. The van der Waals surface area contributed by atoms with Crippen molar-refractivity contribution in [3.63, 3.8) is 0 Å². The molecule has 0 radical (unpaired) electrons. The lowest BCUT2D eigenvalue weighted by atomic mass is 9.75. The molecule has 0 aliphatic heterocycles. The molecule has 1 unspecified atom stereocenters. The third kappa shape index (κ3) is 2.98. The van der Waals surface area contributed by atoms with Crippen LogP contribution in [-0.2, 0) is 4.74 Å². The smallest absolute Gasteiger partial charge is 0.0829 e. The molecule has 96 valence electrons. The monoisotopic (exact) mass is 227 g/mol. The Balaban J connectivity index is 2.62. The molecule has 0 aromatic heterocycles. The van der Waals surface area contributed by atoms with Crippen molar-refractivity contribution < 1.29 is 4.74 Å². The minimum atomic E-state index is 0.0547. The first kappa shape index (κ1) is 14.0. The van der Waals surface area contributed by atoms with E-state index in [0.29, 0.717) is 6.04 Å². The van der Waals surface area contributed by atoms with Gasteiger partial charge in [-0.2, -0.15) is 0 Å². The predicted molar refractivity (Wildman–Crippen MR) is 69.7 cm³/mol. The van der Waals surface area contributed by atoms with Crippen molar-refractivity contribution in [1.29, 1.82) is 0 Å². The molecule has 1 saturated carbocycles. The van der Waals surface area contributed by atoms with Crippen molar-refractivity contribution >= 4 is 0 Å². The second-order valence-corrected chi connectivity index (χ2v) is 5.08. The van der Waals surface area contributed by atoms with Gasteiger partial charge in [-0.15, -0.1) is 0 Å². The molecule has 0 amide bonds. The van der Waals surface area contributed by atoms with E-state index in [4.69, 9.17) is 4.74 Å². The van der Waals surface area contributed by atoms with E-state index < -0.39 is 0 Å². The number of likely N-dealkylation sites (N-methyl/N-ethyl adjacent to an activating group) is 1. The van der Waals surface area contributed by atoms with E-state index in [-0.39, 0.29) is 5.60 Å². The maximum Gasteiger partial charge on any atom is 0.0829 e. The van der Waals surface area contributed by atoms with Gasteiger partial charge in [0.1, 0.15) is 0 Å². The molecule has 0 heterocycles. The zero-order chi connectivity index (χ0) is 12.0. The van der Waals surface area contributed by atoms with Crippen LogP contribution in [0.2, 0.25) is 0 Å². The fourth-order valence-corrected chi connectivity index (χ4v) is 2.99. The Morgan fingerprint density at radius 1 is 1.25 bits per heavy atom. The van der Waals surface area contributed by atoms with Gasteiger partial charge in [0.05, 0.1) is 5.60 Å². The summed E-state index contributed by atoms with van der Waals surface area (Å²) in [6.07, 6.45) is 7.78. The Kier molecular flexibility index (Phi) is 5.77. The second kappa shape index (κ2) is 6.61. The quantitative estimate of drug-likeness (QED) is 0.686. The molecule has 0 bridgehead atoms. The average molecular weight is 227 g/mol. The van der Waals surface area contributed by atoms with Crippen LogP contribution in [0.4, 0.5) is 0 Å². The zero-order valence-corrected chi connectivity index (χ0v) is 11.5. The van der Waals surface area contributed by atoms with Crippen LogP contribution in [0.3, 0.4) is 0 Å². The fraction of sp³-hybridized carbons (Fsp3) is 1.00. The summed E-state index contributed by atoms with van der Waals surface area (Å²) >= 11 is 0. The van der Waals surface area contributed by atoms with Crippen molar-refractivity contribution in [1.82, 2.24) is 5.32 Å². The molecule has 2 nitrogen and oxygen atoms in total.